The first-order chi connectivity index (χ1) is 7.72. The predicted octanol–water partition coefficient (Wildman–Crippen LogP) is 1.58. The molecule has 2 rings (SSSR count). The lowest BCUT2D eigenvalue weighted by Crippen LogP contribution is -1.98. The quantitative estimate of drug-likeness (QED) is 0.849. The van der Waals surface area contributed by atoms with E-state index in [-0.39, 0.29) is 5.56 Å². The molecule has 0 atom stereocenters. The molecule has 0 saturated carbocycles. The molecule has 0 amide bonds. The standard InChI is InChI=1S/C11H10N2O3/c1-16-10-5-3-2-4-9(10)13-7-8(6-12-13)11(14)15/h2-7H,1H3,(H,14,15). The molecule has 0 aliphatic heterocycles. The summed E-state index contributed by atoms with van der Waals surface area (Å²) in [7, 11) is 1.56. The van der Waals surface area contributed by atoms with Crippen LogP contribution in [0.1, 0.15) is 10.4 Å². The van der Waals surface area contributed by atoms with Crippen LogP contribution in [-0.4, -0.2) is 28.0 Å². The Bertz CT molecular complexity index is 519. The number of aromatic carboxylic acids is 1. The van der Waals surface area contributed by atoms with Crippen molar-refractivity contribution >= 4 is 5.97 Å². The number of carboxylic acids is 1. The Hall–Kier alpha value is -2.30. The Morgan fingerprint density at radius 3 is 2.81 bits per heavy atom. The van der Waals surface area contributed by atoms with Crippen LogP contribution in [0.5, 0.6) is 5.75 Å². The molecule has 0 aliphatic carbocycles. The van der Waals surface area contributed by atoms with Gasteiger partial charge in [0.15, 0.2) is 0 Å². The van der Waals surface area contributed by atoms with Crippen molar-refractivity contribution in [2.45, 2.75) is 0 Å². The summed E-state index contributed by atoms with van der Waals surface area (Å²) < 4.78 is 6.64. The number of aromatic nitrogens is 2. The number of hydrogen-bond donors (Lipinski definition) is 1. The lowest BCUT2D eigenvalue weighted by molar-refractivity contribution is 0.0697. The minimum Gasteiger partial charge on any atom is -0.494 e. The summed E-state index contributed by atoms with van der Waals surface area (Å²) in [5, 5.41) is 12.8. The topological polar surface area (TPSA) is 64.3 Å². The van der Waals surface area contributed by atoms with Gasteiger partial charge in [-0.15, -0.1) is 0 Å². The number of methoxy groups -OCH3 is 1. The highest BCUT2D eigenvalue weighted by Crippen LogP contribution is 2.21. The van der Waals surface area contributed by atoms with Crippen molar-refractivity contribution in [3.8, 4) is 11.4 Å². The van der Waals surface area contributed by atoms with E-state index < -0.39 is 5.97 Å². The van der Waals surface area contributed by atoms with Gasteiger partial charge in [-0.3, -0.25) is 0 Å². The van der Waals surface area contributed by atoms with E-state index >= 15 is 0 Å². The molecule has 0 unspecified atom stereocenters. The van der Waals surface area contributed by atoms with Gasteiger partial charge in [0.25, 0.3) is 0 Å². The molecule has 0 aliphatic rings. The van der Waals surface area contributed by atoms with Crippen molar-refractivity contribution in [1.29, 1.82) is 0 Å². The highest BCUT2D eigenvalue weighted by molar-refractivity contribution is 5.87. The third-order valence-electron chi connectivity index (χ3n) is 2.16. The number of hydrogen-bond acceptors (Lipinski definition) is 3. The van der Waals surface area contributed by atoms with Gasteiger partial charge in [-0.1, -0.05) is 12.1 Å². The normalized spacial score (nSPS) is 10.1. The number of benzene rings is 1. The van der Waals surface area contributed by atoms with Crippen LogP contribution in [0.4, 0.5) is 0 Å². The van der Waals surface area contributed by atoms with Gasteiger partial charge in [0.1, 0.15) is 11.4 Å². The molecular weight excluding hydrogens is 208 g/mol. The number of nitrogens with zero attached hydrogens (tertiary/aromatic N) is 2. The zero-order chi connectivity index (χ0) is 11.5. The molecule has 2 aromatic rings. The lowest BCUT2D eigenvalue weighted by Gasteiger charge is -2.06. The monoisotopic (exact) mass is 218 g/mol. The second-order valence-electron chi connectivity index (χ2n) is 3.15. The van der Waals surface area contributed by atoms with Crippen LogP contribution < -0.4 is 4.74 Å². The zero-order valence-electron chi connectivity index (χ0n) is 8.62. The fraction of sp³-hybridized carbons (Fsp3) is 0.0909. The van der Waals surface area contributed by atoms with E-state index in [0.29, 0.717) is 11.4 Å². The van der Waals surface area contributed by atoms with E-state index in [9.17, 15) is 4.79 Å². The maximum atomic E-state index is 10.7. The Labute approximate surface area is 91.9 Å². The minimum atomic E-state index is -0.999. The van der Waals surface area contributed by atoms with Gasteiger partial charge in [0.2, 0.25) is 0 Å². The van der Waals surface area contributed by atoms with Crippen molar-refractivity contribution in [2.24, 2.45) is 0 Å². The Morgan fingerprint density at radius 2 is 2.19 bits per heavy atom. The zero-order valence-corrected chi connectivity index (χ0v) is 8.62. The maximum Gasteiger partial charge on any atom is 0.338 e. The van der Waals surface area contributed by atoms with E-state index in [1.54, 1.807) is 19.2 Å². The van der Waals surface area contributed by atoms with Crippen molar-refractivity contribution in [3.63, 3.8) is 0 Å². The summed E-state index contributed by atoms with van der Waals surface area (Å²) in [5.74, 6) is -0.358. The van der Waals surface area contributed by atoms with Gasteiger partial charge >= 0.3 is 5.97 Å². The van der Waals surface area contributed by atoms with E-state index in [0.717, 1.165) is 0 Å². The summed E-state index contributed by atoms with van der Waals surface area (Å²) in [6.45, 7) is 0. The lowest BCUT2D eigenvalue weighted by atomic mass is 10.3. The second-order valence-corrected chi connectivity index (χ2v) is 3.15. The molecule has 1 aromatic heterocycles. The molecule has 1 heterocycles. The summed E-state index contributed by atoms with van der Waals surface area (Å²) in [6.07, 6.45) is 2.74. The predicted molar refractivity (Wildman–Crippen MR) is 57.1 cm³/mol. The average molecular weight is 218 g/mol. The number of ether oxygens (including phenoxy) is 1. The van der Waals surface area contributed by atoms with Crippen LogP contribution in [0.25, 0.3) is 5.69 Å². The molecule has 0 fully saturated rings. The number of carbonyl (C=O) groups is 1. The van der Waals surface area contributed by atoms with Gasteiger partial charge in [-0.25, -0.2) is 9.48 Å². The first kappa shape index (κ1) is 10.2. The van der Waals surface area contributed by atoms with Crippen molar-refractivity contribution in [1.82, 2.24) is 9.78 Å². The largest absolute Gasteiger partial charge is 0.494 e. The minimum absolute atomic E-state index is 0.144. The number of para-hydroxylation sites is 2. The van der Waals surface area contributed by atoms with Gasteiger partial charge in [-0.2, -0.15) is 5.10 Å². The molecule has 0 radical (unpaired) electrons. The van der Waals surface area contributed by atoms with Gasteiger partial charge in [-0.05, 0) is 12.1 Å². The van der Waals surface area contributed by atoms with Crippen LogP contribution in [0.15, 0.2) is 36.7 Å². The number of carboxylic acid groups (broad SMARTS) is 1. The van der Waals surface area contributed by atoms with Crippen molar-refractivity contribution < 1.29 is 14.6 Å². The Kier molecular flexibility index (Phi) is 2.59. The Balaban J connectivity index is 2.46. The van der Waals surface area contributed by atoms with Crippen molar-refractivity contribution in [2.75, 3.05) is 7.11 Å². The van der Waals surface area contributed by atoms with Crippen molar-refractivity contribution in [3.05, 3.63) is 42.2 Å². The van der Waals surface area contributed by atoms with Gasteiger partial charge in [0, 0.05) is 6.20 Å². The highest BCUT2D eigenvalue weighted by Gasteiger charge is 2.09. The summed E-state index contributed by atoms with van der Waals surface area (Å²) in [6, 6.07) is 7.26. The molecule has 5 heteroatoms. The molecule has 5 nitrogen and oxygen atoms in total. The van der Waals surface area contributed by atoms with Gasteiger partial charge in [0.05, 0.1) is 18.9 Å². The molecule has 0 saturated heterocycles. The second kappa shape index (κ2) is 4.06. The molecule has 16 heavy (non-hydrogen) atoms. The SMILES string of the molecule is COc1ccccc1-n1cc(C(=O)O)cn1. The summed E-state index contributed by atoms with van der Waals surface area (Å²) in [5.41, 5.74) is 0.850. The molecule has 1 aromatic carbocycles. The van der Waals surface area contributed by atoms with E-state index in [2.05, 4.69) is 5.10 Å². The third-order valence-corrected chi connectivity index (χ3v) is 2.16. The highest BCUT2D eigenvalue weighted by atomic mass is 16.5. The van der Waals surface area contributed by atoms with E-state index in [1.807, 2.05) is 12.1 Å². The number of rotatable bonds is 3. The first-order valence-corrected chi connectivity index (χ1v) is 4.63. The van der Waals surface area contributed by atoms with Gasteiger partial charge < -0.3 is 9.84 Å². The molecule has 1 N–H and O–H groups in total. The molecule has 0 bridgehead atoms. The van der Waals surface area contributed by atoms with Crippen LogP contribution >= 0.6 is 0 Å². The van der Waals surface area contributed by atoms with E-state index in [1.165, 1.54) is 17.1 Å². The van der Waals surface area contributed by atoms with Crippen LogP contribution in [0, 0.1) is 0 Å². The summed E-state index contributed by atoms with van der Waals surface area (Å²) in [4.78, 5) is 10.7. The average Bonchev–Trinajstić information content (AvgIpc) is 2.78. The first-order valence-electron chi connectivity index (χ1n) is 4.63. The third kappa shape index (κ3) is 1.75. The fourth-order valence-corrected chi connectivity index (χ4v) is 1.38. The molecule has 0 spiro atoms. The smallest absolute Gasteiger partial charge is 0.338 e. The summed E-state index contributed by atoms with van der Waals surface area (Å²) >= 11 is 0. The molecule has 82 valence electrons. The fourth-order valence-electron chi connectivity index (χ4n) is 1.38. The van der Waals surface area contributed by atoms with Crippen LogP contribution in [0.2, 0.25) is 0 Å². The Morgan fingerprint density at radius 1 is 1.44 bits per heavy atom. The maximum absolute atomic E-state index is 10.7. The van der Waals surface area contributed by atoms with Crippen LogP contribution in [-0.2, 0) is 0 Å². The van der Waals surface area contributed by atoms with E-state index in [4.69, 9.17) is 9.84 Å². The van der Waals surface area contributed by atoms with Crippen LogP contribution in [0.3, 0.4) is 0 Å². The molecular formula is C11H10N2O3.